The van der Waals surface area contributed by atoms with E-state index in [1.54, 1.807) is 0 Å². The van der Waals surface area contributed by atoms with Crippen molar-refractivity contribution in [2.24, 2.45) is 5.92 Å². The smallest absolute Gasteiger partial charge is 0.310 e. The van der Waals surface area contributed by atoms with Crippen molar-refractivity contribution in [3.8, 4) is 0 Å². The van der Waals surface area contributed by atoms with Crippen LogP contribution in [-0.2, 0) is 24.5 Å². The lowest BCUT2D eigenvalue weighted by Crippen LogP contribution is -2.37. The normalized spacial score (nSPS) is 12.6. The molecule has 0 radical (unpaired) electrons. The fraction of sp³-hybridized carbons (Fsp3) is 0.467. The van der Waals surface area contributed by atoms with Crippen molar-refractivity contribution in [1.82, 2.24) is 0 Å². The van der Waals surface area contributed by atoms with Gasteiger partial charge in [-0.05, 0) is 5.56 Å². The molecule has 0 aliphatic carbocycles. The van der Waals surface area contributed by atoms with Gasteiger partial charge >= 0.3 is 11.9 Å². The van der Waals surface area contributed by atoms with Gasteiger partial charge in [0.15, 0.2) is 0 Å². The van der Waals surface area contributed by atoms with E-state index in [0.29, 0.717) is 0 Å². The number of methoxy groups -OCH3 is 2. The molecule has 4 heteroatoms. The zero-order valence-electron chi connectivity index (χ0n) is 11.8. The Labute approximate surface area is 113 Å². The Hall–Kier alpha value is -1.84. The molecule has 0 bridgehead atoms. The molecule has 1 rings (SSSR count). The zero-order valence-corrected chi connectivity index (χ0v) is 11.8. The van der Waals surface area contributed by atoms with Crippen molar-refractivity contribution in [1.29, 1.82) is 0 Å². The minimum Gasteiger partial charge on any atom is -0.469 e. The van der Waals surface area contributed by atoms with E-state index in [2.05, 4.69) is 4.74 Å². The number of rotatable bonds is 5. The van der Waals surface area contributed by atoms with Gasteiger partial charge in [-0.25, -0.2) is 0 Å². The van der Waals surface area contributed by atoms with Gasteiger partial charge in [0.05, 0.1) is 26.6 Å². The van der Waals surface area contributed by atoms with Crippen LogP contribution in [0.4, 0.5) is 0 Å². The maximum atomic E-state index is 12.0. The monoisotopic (exact) mass is 264 g/mol. The maximum absolute atomic E-state index is 12.0. The highest BCUT2D eigenvalue weighted by molar-refractivity contribution is 5.81. The van der Waals surface area contributed by atoms with E-state index in [-0.39, 0.29) is 6.42 Å². The quantitative estimate of drug-likeness (QED) is 0.766. The average Bonchev–Trinajstić information content (AvgIpc) is 2.44. The van der Waals surface area contributed by atoms with Gasteiger partial charge in [-0.1, -0.05) is 44.2 Å². The number of ether oxygens (including phenoxy) is 2. The molecular formula is C15H20O4. The fourth-order valence-corrected chi connectivity index (χ4v) is 2.09. The molecule has 104 valence electrons. The highest BCUT2D eigenvalue weighted by atomic mass is 16.5. The maximum Gasteiger partial charge on any atom is 0.310 e. The first-order valence-electron chi connectivity index (χ1n) is 6.13. The predicted molar refractivity (Wildman–Crippen MR) is 71.6 cm³/mol. The van der Waals surface area contributed by atoms with Crippen molar-refractivity contribution in [2.45, 2.75) is 25.7 Å². The summed E-state index contributed by atoms with van der Waals surface area (Å²) in [6, 6.07) is 9.60. The predicted octanol–water partition coefficient (Wildman–Crippen LogP) is 2.32. The second-order valence-electron chi connectivity index (χ2n) is 4.94. The zero-order chi connectivity index (χ0) is 14.5. The Balaban J connectivity index is 3.08. The van der Waals surface area contributed by atoms with Crippen LogP contribution in [-0.4, -0.2) is 26.2 Å². The Bertz CT molecular complexity index is 437. The van der Waals surface area contributed by atoms with E-state index < -0.39 is 23.3 Å². The molecular weight excluding hydrogens is 244 g/mol. The molecule has 0 aliphatic heterocycles. The molecule has 0 amide bonds. The molecule has 0 saturated heterocycles. The van der Waals surface area contributed by atoms with E-state index in [9.17, 15) is 9.59 Å². The lowest BCUT2D eigenvalue weighted by atomic mass is 9.72. The summed E-state index contributed by atoms with van der Waals surface area (Å²) in [5.74, 6) is -1.40. The van der Waals surface area contributed by atoms with Crippen LogP contribution in [0.1, 0.15) is 25.8 Å². The molecule has 19 heavy (non-hydrogen) atoms. The second kappa shape index (κ2) is 6.36. The number of hydrogen-bond acceptors (Lipinski definition) is 4. The molecule has 1 unspecified atom stereocenters. The summed E-state index contributed by atoms with van der Waals surface area (Å²) in [6.45, 7) is 3.85. The summed E-state index contributed by atoms with van der Waals surface area (Å²) in [6.07, 6.45) is 0.00503. The third kappa shape index (κ3) is 3.56. The highest BCUT2D eigenvalue weighted by Crippen LogP contribution is 2.34. The van der Waals surface area contributed by atoms with Crippen molar-refractivity contribution in [3.05, 3.63) is 35.9 Å². The summed E-state index contributed by atoms with van der Waals surface area (Å²) in [5.41, 5.74) is 0.469. The Morgan fingerprint density at radius 3 is 2.16 bits per heavy atom. The molecule has 0 spiro atoms. The lowest BCUT2D eigenvalue weighted by molar-refractivity contribution is -0.154. The topological polar surface area (TPSA) is 52.6 Å². The largest absolute Gasteiger partial charge is 0.469 e. The number of benzene rings is 1. The molecule has 0 aromatic heterocycles. The standard InChI is InChI=1S/C15H20O4/c1-15(2,11-8-6-5-7-9-11)12(14(17)19-4)10-13(16)18-3/h5-9,12H,10H2,1-4H3. The van der Waals surface area contributed by atoms with Crippen LogP contribution in [0.15, 0.2) is 30.3 Å². The van der Waals surface area contributed by atoms with Gasteiger partial charge in [-0.2, -0.15) is 0 Å². The Morgan fingerprint density at radius 2 is 1.68 bits per heavy atom. The Morgan fingerprint density at radius 1 is 1.11 bits per heavy atom. The van der Waals surface area contributed by atoms with Crippen LogP contribution in [0.3, 0.4) is 0 Å². The molecule has 1 aromatic rings. The van der Waals surface area contributed by atoms with Gasteiger partial charge in [-0.15, -0.1) is 0 Å². The van der Waals surface area contributed by atoms with Crippen molar-refractivity contribution in [3.63, 3.8) is 0 Å². The minimum atomic E-state index is -0.577. The average molecular weight is 264 g/mol. The SMILES string of the molecule is COC(=O)CC(C(=O)OC)C(C)(C)c1ccccc1. The summed E-state index contributed by atoms with van der Waals surface area (Å²) in [4.78, 5) is 23.4. The van der Waals surface area contributed by atoms with E-state index >= 15 is 0 Å². The molecule has 0 fully saturated rings. The van der Waals surface area contributed by atoms with Gasteiger partial charge < -0.3 is 9.47 Å². The number of carbonyl (C=O) groups excluding carboxylic acids is 2. The summed E-state index contributed by atoms with van der Waals surface area (Å²) in [7, 11) is 2.64. The lowest BCUT2D eigenvalue weighted by Gasteiger charge is -2.32. The minimum absolute atomic E-state index is 0.00503. The number of esters is 2. The van der Waals surface area contributed by atoms with Crippen molar-refractivity contribution in [2.75, 3.05) is 14.2 Å². The third-order valence-corrected chi connectivity index (χ3v) is 3.47. The van der Waals surface area contributed by atoms with Crippen LogP contribution in [0.2, 0.25) is 0 Å². The fourth-order valence-electron chi connectivity index (χ4n) is 2.09. The summed E-state index contributed by atoms with van der Waals surface area (Å²) >= 11 is 0. The molecule has 4 nitrogen and oxygen atoms in total. The molecule has 1 aromatic carbocycles. The third-order valence-electron chi connectivity index (χ3n) is 3.47. The van der Waals surface area contributed by atoms with Gasteiger partial charge in [0.25, 0.3) is 0 Å². The van der Waals surface area contributed by atoms with Gasteiger partial charge in [0.2, 0.25) is 0 Å². The first kappa shape index (κ1) is 15.2. The number of carbonyl (C=O) groups is 2. The second-order valence-corrected chi connectivity index (χ2v) is 4.94. The van der Waals surface area contributed by atoms with E-state index in [1.165, 1.54) is 14.2 Å². The summed E-state index contributed by atoms with van der Waals surface area (Å²) < 4.78 is 9.48. The molecule has 0 aliphatic rings. The molecule has 0 heterocycles. The molecule has 0 N–H and O–H groups in total. The van der Waals surface area contributed by atoms with Crippen LogP contribution in [0, 0.1) is 5.92 Å². The highest BCUT2D eigenvalue weighted by Gasteiger charge is 2.39. The molecule has 1 atom stereocenters. The number of hydrogen-bond donors (Lipinski definition) is 0. The molecule has 0 saturated carbocycles. The Kier molecular flexibility index (Phi) is 5.10. The van der Waals surface area contributed by atoms with Gasteiger partial charge in [0.1, 0.15) is 0 Å². The van der Waals surface area contributed by atoms with E-state index in [4.69, 9.17) is 4.74 Å². The first-order valence-corrected chi connectivity index (χ1v) is 6.13. The van der Waals surface area contributed by atoms with E-state index in [1.807, 2.05) is 44.2 Å². The van der Waals surface area contributed by atoms with Crippen LogP contribution in [0.25, 0.3) is 0 Å². The first-order chi connectivity index (χ1) is 8.93. The summed E-state index contributed by atoms with van der Waals surface area (Å²) in [5, 5.41) is 0. The van der Waals surface area contributed by atoms with Gasteiger partial charge in [0, 0.05) is 5.41 Å². The van der Waals surface area contributed by atoms with Gasteiger partial charge in [-0.3, -0.25) is 9.59 Å². The van der Waals surface area contributed by atoms with Crippen LogP contribution < -0.4 is 0 Å². The van der Waals surface area contributed by atoms with Crippen LogP contribution in [0.5, 0.6) is 0 Å². The van der Waals surface area contributed by atoms with E-state index in [0.717, 1.165) is 5.56 Å². The van der Waals surface area contributed by atoms with Crippen molar-refractivity contribution < 1.29 is 19.1 Å². The van der Waals surface area contributed by atoms with Crippen molar-refractivity contribution >= 4 is 11.9 Å². The van der Waals surface area contributed by atoms with Crippen LogP contribution >= 0.6 is 0 Å².